The highest BCUT2D eigenvalue weighted by Crippen LogP contribution is 2.33. The van der Waals surface area contributed by atoms with Gasteiger partial charge in [-0.1, -0.05) is 11.2 Å². The van der Waals surface area contributed by atoms with Crippen molar-refractivity contribution in [3.63, 3.8) is 0 Å². The first-order valence-electron chi connectivity index (χ1n) is 7.06. The monoisotopic (exact) mass is 368 g/mol. The fourth-order valence-electron chi connectivity index (χ4n) is 2.48. The minimum atomic E-state index is -3.89. The molecule has 7 nitrogen and oxygen atoms in total. The highest BCUT2D eigenvalue weighted by atomic mass is 32.2. The standard InChI is InChI=1S/C15H16N2O5S2/c1-10-14(11(2)22-17-10)24(19,20)16-9-15(18,12-5-6-21-8-12)13-4-3-7-23-13/h3-8,16,18H,9H2,1-2H3/t15-/m0/s1. The van der Waals surface area contributed by atoms with Crippen LogP contribution >= 0.6 is 11.3 Å². The molecule has 0 fully saturated rings. The summed E-state index contributed by atoms with van der Waals surface area (Å²) >= 11 is 1.33. The smallest absolute Gasteiger partial charge is 0.246 e. The molecule has 3 aromatic heterocycles. The highest BCUT2D eigenvalue weighted by molar-refractivity contribution is 7.89. The third kappa shape index (κ3) is 2.91. The average Bonchev–Trinajstić information content (AvgIpc) is 3.27. The Morgan fingerprint density at radius 1 is 1.38 bits per heavy atom. The Kier molecular flexibility index (Phi) is 4.35. The van der Waals surface area contributed by atoms with E-state index in [0.29, 0.717) is 10.4 Å². The average molecular weight is 368 g/mol. The molecule has 0 amide bonds. The normalized spacial score (nSPS) is 14.6. The minimum Gasteiger partial charge on any atom is -0.472 e. The number of nitrogens with one attached hydrogen (secondary N) is 1. The zero-order chi connectivity index (χ0) is 17.4. The molecular weight excluding hydrogens is 352 g/mol. The van der Waals surface area contributed by atoms with Gasteiger partial charge in [-0.25, -0.2) is 13.1 Å². The molecule has 0 radical (unpaired) electrons. The fraction of sp³-hybridized carbons (Fsp3) is 0.267. The second-order valence-electron chi connectivity index (χ2n) is 5.33. The molecule has 0 saturated heterocycles. The van der Waals surface area contributed by atoms with E-state index in [1.165, 1.54) is 30.8 Å². The van der Waals surface area contributed by atoms with Crippen LogP contribution in [0.15, 0.2) is 49.9 Å². The molecule has 3 aromatic rings. The van der Waals surface area contributed by atoms with Crippen molar-refractivity contribution >= 4 is 21.4 Å². The number of aromatic nitrogens is 1. The van der Waals surface area contributed by atoms with Crippen LogP contribution in [0.2, 0.25) is 0 Å². The molecule has 0 aliphatic carbocycles. The first-order chi connectivity index (χ1) is 11.3. The number of aliphatic hydroxyl groups is 1. The Labute approximate surface area is 143 Å². The SMILES string of the molecule is Cc1noc(C)c1S(=O)(=O)NC[C@](O)(c1ccoc1)c1cccs1. The maximum absolute atomic E-state index is 12.6. The molecule has 1 atom stereocenters. The molecule has 0 aliphatic heterocycles. The summed E-state index contributed by atoms with van der Waals surface area (Å²) < 4.78 is 37.6. The van der Waals surface area contributed by atoms with Crippen LogP contribution in [0.3, 0.4) is 0 Å². The second kappa shape index (κ2) is 6.17. The summed E-state index contributed by atoms with van der Waals surface area (Å²) in [5, 5.41) is 16.6. The van der Waals surface area contributed by atoms with Crippen LogP contribution in [0.1, 0.15) is 21.9 Å². The quantitative estimate of drug-likeness (QED) is 0.691. The molecule has 24 heavy (non-hydrogen) atoms. The van der Waals surface area contributed by atoms with Crippen molar-refractivity contribution in [2.75, 3.05) is 6.54 Å². The summed E-state index contributed by atoms with van der Waals surface area (Å²) in [7, 11) is -3.89. The van der Waals surface area contributed by atoms with Gasteiger partial charge in [-0.05, 0) is 31.4 Å². The van der Waals surface area contributed by atoms with E-state index in [1.807, 2.05) is 5.38 Å². The molecule has 0 spiro atoms. The van der Waals surface area contributed by atoms with Gasteiger partial charge in [-0.15, -0.1) is 11.3 Å². The molecule has 3 rings (SSSR count). The number of hydrogen-bond donors (Lipinski definition) is 2. The van der Waals surface area contributed by atoms with Gasteiger partial charge in [0.2, 0.25) is 10.0 Å². The van der Waals surface area contributed by atoms with E-state index in [-0.39, 0.29) is 22.9 Å². The van der Waals surface area contributed by atoms with Gasteiger partial charge < -0.3 is 14.0 Å². The van der Waals surface area contributed by atoms with E-state index >= 15 is 0 Å². The van der Waals surface area contributed by atoms with Gasteiger partial charge in [0.1, 0.15) is 16.2 Å². The van der Waals surface area contributed by atoms with Crippen molar-refractivity contribution in [1.29, 1.82) is 0 Å². The van der Waals surface area contributed by atoms with E-state index in [2.05, 4.69) is 9.88 Å². The third-order valence-corrected chi connectivity index (χ3v) is 6.35. The van der Waals surface area contributed by atoms with Crippen molar-refractivity contribution in [3.05, 3.63) is 58.0 Å². The van der Waals surface area contributed by atoms with Crippen LogP contribution in [0.5, 0.6) is 0 Å². The van der Waals surface area contributed by atoms with Crippen LogP contribution in [0, 0.1) is 13.8 Å². The molecule has 2 N–H and O–H groups in total. The van der Waals surface area contributed by atoms with E-state index in [0.717, 1.165) is 0 Å². The Bertz CT molecular complexity index is 858. The fourth-order valence-corrected chi connectivity index (χ4v) is 4.71. The predicted molar refractivity (Wildman–Crippen MR) is 87.2 cm³/mol. The summed E-state index contributed by atoms with van der Waals surface area (Å²) in [5.41, 5.74) is -0.804. The molecule has 128 valence electrons. The number of rotatable bonds is 6. The Morgan fingerprint density at radius 2 is 2.17 bits per heavy atom. The van der Waals surface area contributed by atoms with Crippen molar-refractivity contribution in [2.24, 2.45) is 0 Å². The van der Waals surface area contributed by atoms with Gasteiger partial charge in [-0.3, -0.25) is 0 Å². The van der Waals surface area contributed by atoms with Crippen LogP contribution in [-0.4, -0.2) is 25.2 Å². The lowest BCUT2D eigenvalue weighted by Crippen LogP contribution is -2.41. The van der Waals surface area contributed by atoms with Crippen LogP contribution in [-0.2, 0) is 15.6 Å². The van der Waals surface area contributed by atoms with Gasteiger partial charge in [0.05, 0.1) is 12.5 Å². The van der Waals surface area contributed by atoms with Crippen LogP contribution in [0.25, 0.3) is 0 Å². The number of furan rings is 1. The summed E-state index contributed by atoms with van der Waals surface area (Å²) in [4.78, 5) is 0.591. The molecule has 9 heteroatoms. The zero-order valence-electron chi connectivity index (χ0n) is 13.0. The van der Waals surface area contributed by atoms with Crippen molar-refractivity contribution in [2.45, 2.75) is 24.3 Å². The van der Waals surface area contributed by atoms with E-state index in [9.17, 15) is 13.5 Å². The minimum absolute atomic E-state index is 0.0109. The maximum Gasteiger partial charge on any atom is 0.246 e. The van der Waals surface area contributed by atoms with E-state index < -0.39 is 15.6 Å². The van der Waals surface area contributed by atoms with Gasteiger partial charge in [0.15, 0.2) is 5.76 Å². The number of aryl methyl sites for hydroxylation is 2. The number of thiophene rings is 1. The first kappa shape index (κ1) is 16.9. The molecule has 0 unspecified atom stereocenters. The second-order valence-corrected chi connectivity index (χ2v) is 7.98. The Balaban J connectivity index is 1.93. The summed E-state index contributed by atoms with van der Waals surface area (Å²) in [6.07, 6.45) is 2.82. The maximum atomic E-state index is 12.6. The van der Waals surface area contributed by atoms with Gasteiger partial charge in [-0.2, -0.15) is 0 Å². The van der Waals surface area contributed by atoms with Crippen molar-refractivity contribution in [3.8, 4) is 0 Å². The molecule has 0 aliphatic rings. The topological polar surface area (TPSA) is 106 Å². The first-order valence-corrected chi connectivity index (χ1v) is 9.42. The molecule has 3 heterocycles. The summed E-state index contributed by atoms with van der Waals surface area (Å²) in [6, 6.07) is 5.12. The summed E-state index contributed by atoms with van der Waals surface area (Å²) in [5.74, 6) is 0.197. The van der Waals surface area contributed by atoms with Gasteiger partial charge >= 0.3 is 0 Å². The van der Waals surface area contributed by atoms with E-state index in [4.69, 9.17) is 8.94 Å². The number of hydrogen-bond acceptors (Lipinski definition) is 7. The number of nitrogens with zero attached hydrogens (tertiary/aromatic N) is 1. The zero-order valence-corrected chi connectivity index (χ0v) is 14.6. The third-order valence-electron chi connectivity index (χ3n) is 3.68. The number of sulfonamides is 1. The predicted octanol–water partition coefficient (Wildman–Crippen LogP) is 2.16. The highest BCUT2D eigenvalue weighted by Gasteiger charge is 2.36. The molecule has 0 saturated carbocycles. The van der Waals surface area contributed by atoms with E-state index in [1.54, 1.807) is 25.1 Å². The van der Waals surface area contributed by atoms with Gasteiger partial charge in [0.25, 0.3) is 0 Å². The lowest BCUT2D eigenvalue weighted by atomic mass is 9.95. The molecule has 0 aromatic carbocycles. The van der Waals surface area contributed by atoms with Crippen molar-refractivity contribution < 1.29 is 22.5 Å². The summed E-state index contributed by atoms with van der Waals surface area (Å²) in [6.45, 7) is 2.82. The lowest BCUT2D eigenvalue weighted by Gasteiger charge is -2.26. The van der Waals surface area contributed by atoms with Crippen LogP contribution in [0.4, 0.5) is 0 Å². The van der Waals surface area contributed by atoms with Gasteiger partial charge in [0, 0.05) is 17.0 Å². The van der Waals surface area contributed by atoms with Crippen LogP contribution < -0.4 is 4.72 Å². The Morgan fingerprint density at radius 3 is 2.71 bits per heavy atom. The molecule has 0 bridgehead atoms. The Hall–Kier alpha value is -1.94. The molecular formula is C15H16N2O5S2. The lowest BCUT2D eigenvalue weighted by molar-refractivity contribution is 0.0891. The largest absolute Gasteiger partial charge is 0.472 e. The van der Waals surface area contributed by atoms with Crippen molar-refractivity contribution in [1.82, 2.24) is 9.88 Å².